The van der Waals surface area contributed by atoms with Crippen LogP contribution < -0.4 is 4.90 Å². The van der Waals surface area contributed by atoms with Crippen LogP contribution in [0.5, 0.6) is 0 Å². The molecule has 0 aliphatic carbocycles. The lowest BCUT2D eigenvalue weighted by molar-refractivity contribution is 0.248. The molecule has 164 valence electrons. The maximum Gasteiger partial charge on any atom is 0.175 e. The van der Waals surface area contributed by atoms with E-state index in [1.54, 1.807) is 36.7 Å². The summed E-state index contributed by atoms with van der Waals surface area (Å²) in [6, 6.07) is 6.85. The number of sulfone groups is 1. The molecule has 9 heteroatoms. The van der Waals surface area contributed by atoms with Gasteiger partial charge in [0.2, 0.25) is 0 Å². The summed E-state index contributed by atoms with van der Waals surface area (Å²) in [7, 11) is -1.24. The molecular formula is C22H28N6O2S. The van der Waals surface area contributed by atoms with Crippen LogP contribution in [0.3, 0.4) is 0 Å². The van der Waals surface area contributed by atoms with E-state index in [1.807, 2.05) is 11.7 Å². The van der Waals surface area contributed by atoms with Gasteiger partial charge in [-0.05, 0) is 26.0 Å². The number of hydrogen-bond acceptors (Lipinski definition) is 7. The minimum absolute atomic E-state index is 0.302. The van der Waals surface area contributed by atoms with Crippen LogP contribution in [0, 0.1) is 13.8 Å². The van der Waals surface area contributed by atoms with Crippen molar-refractivity contribution in [3.05, 3.63) is 53.6 Å². The Labute approximate surface area is 183 Å². The standard InChI is InChI=1S/C22H28N6O2S/c1-16-20(17(2)26(3)25-16)15-27-11-13-28(14-12-27)22-21(23-9-10-24-22)18-5-7-19(8-6-18)31(4,29)30/h5-10H,11-15H2,1-4H3. The Morgan fingerprint density at radius 3 is 2.19 bits per heavy atom. The number of hydrogen-bond donors (Lipinski definition) is 0. The molecule has 0 spiro atoms. The van der Waals surface area contributed by atoms with E-state index in [1.165, 1.54) is 17.5 Å². The van der Waals surface area contributed by atoms with Crippen molar-refractivity contribution in [1.82, 2.24) is 24.6 Å². The van der Waals surface area contributed by atoms with Crippen molar-refractivity contribution < 1.29 is 8.42 Å². The van der Waals surface area contributed by atoms with Gasteiger partial charge in [0.05, 0.1) is 10.6 Å². The molecule has 1 saturated heterocycles. The summed E-state index contributed by atoms with van der Waals surface area (Å²) in [5.74, 6) is 0.836. The smallest absolute Gasteiger partial charge is 0.175 e. The molecule has 3 heterocycles. The number of nitrogens with zero attached hydrogens (tertiary/aromatic N) is 6. The molecule has 0 radical (unpaired) electrons. The summed E-state index contributed by atoms with van der Waals surface area (Å²) < 4.78 is 25.5. The normalized spacial score (nSPS) is 15.4. The Balaban J connectivity index is 1.49. The molecule has 31 heavy (non-hydrogen) atoms. The van der Waals surface area contributed by atoms with E-state index < -0.39 is 9.84 Å². The number of rotatable bonds is 5. The second kappa shape index (κ2) is 8.39. The number of benzene rings is 1. The first-order valence-corrected chi connectivity index (χ1v) is 12.2. The summed E-state index contributed by atoms with van der Waals surface area (Å²) in [4.78, 5) is 14.2. The largest absolute Gasteiger partial charge is 0.352 e. The van der Waals surface area contributed by atoms with Crippen molar-refractivity contribution in [2.75, 3.05) is 37.3 Å². The van der Waals surface area contributed by atoms with Gasteiger partial charge in [-0.3, -0.25) is 14.6 Å². The van der Waals surface area contributed by atoms with Crippen molar-refractivity contribution in [2.45, 2.75) is 25.3 Å². The van der Waals surface area contributed by atoms with Gasteiger partial charge < -0.3 is 4.90 Å². The predicted molar refractivity (Wildman–Crippen MR) is 121 cm³/mol. The Morgan fingerprint density at radius 1 is 0.968 bits per heavy atom. The predicted octanol–water partition coefficient (Wildman–Crippen LogP) is 2.22. The van der Waals surface area contributed by atoms with Gasteiger partial charge in [0, 0.05) is 75.2 Å². The highest BCUT2D eigenvalue weighted by Crippen LogP contribution is 2.28. The molecule has 8 nitrogen and oxygen atoms in total. The molecule has 0 amide bonds. The fourth-order valence-corrected chi connectivity index (χ4v) is 4.64. The van der Waals surface area contributed by atoms with Gasteiger partial charge >= 0.3 is 0 Å². The van der Waals surface area contributed by atoms with E-state index >= 15 is 0 Å². The molecule has 0 bridgehead atoms. The maximum absolute atomic E-state index is 11.8. The van der Waals surface area contributed by atoms with Gasteiger partial charge in [-0.2, -0.15) is 5.10 Å². The fraction of sp³-hybridized carbons (Fsp3) is 0.409. The van der Waals surface area contributed by atoms with Crippen molar-refractivity contribution in [1.29, 1.82) is 0 Å². The van der Waals surface area contributed by atoms with Gasteiger partial charge in [0.25, 0.3) is 0 Å². The molecular weight excluding hydrogens is 412 g/mol. The highest BCUT2D eigenvalue weighted by molar-refractivity contribution is 7.90. The van der Waals surface area contributed by atoms with Gasteiger partial charge in [0.1, 0.15) is 5.69 Å². The van der Waals surface area contributed by atoms with E-state index in [0.29, 0.717) is 4.90 Å². The quantitative estimate of drug-likeness (QED) is 0.601. The third-order valence-corrected chi connectivity index (χ3v) is 7.08. The molecule has 0 N–H and O–H groups in total. The zero-order valence-electron chi connectivity index (χ0n) is 18.4. The lowest BCUT2D eigenvalue weighted by atomic mass is 10.1. The second-order valence-electron chi connectivity index (χ2n) is 8.06. The Morgan fingerprint density at radius 2 is 1.61 bits per heavy atom. The summed E-state index contributed by atoms with van der Waals surface area (Å²) in [5.41, 5.74) is 5.25. The maximum atomic E-state index is 11.8. The van der Waals surface area contributed by atoms with Gasteiger partial charge in [-0.15, -0.1) is 0 Å². The van der Waals surface area contributed by atoms with E-state index in [2.05, 4.69) is 38.7 Å². The number of piperazine rings is 1. The molecule has 0 atom stereocenters. The van der Waals surface area contributed by atoms with Crippen LogP contribution in [0.2, 0.25) is 0 Å². The van der Waals surface area contributed by atoms with Crippen LogP contribution in [0.1, 0.15) is 17.0 Å². The lowest BCUT2D eigenvalue weighted by Crippen LogP contribution is -2.46. The summed E-state index contributed by atoms with van der Waals surface area (Å²) in [6.45, 7) is 8.65. The van der Waals surface area contributed by atoms with Crippen molar-refractivity contribution >= 4 is 15.7 Å². The van der Waals surface area contributed by atoms with Crippen LogP contribution >= 0.6 is 0 Å². The zero-order chi connectivity index (χ0) is 22.2. The van der Waals surface area contributed by atoms with Crippen molar-refractivity contribution in [3.8, 4) is 11.3 Å². The lowest BCUT2D eigenvalue weighted by Gasteiger charge is -2.36. The second-order valence-corrected chi connectivity index (χ2v) is 10.1. The van der Waals surface area contributed by atoms with Crippen molar-refractivity contribution in [3.63, 3.8) is 0 Å². The number of aryl methyl sites for hydroxylation is 2. The van der Waals surface area contributed by atoms with E-state index in [9.17, 15) is 8.42 Å². The molecule has 1 aromatic carbocycles. The highest BCUT2D eigenvalue weighted by atomic mass is 32.2. The van der Waals surface area contributed by atoms with E-state index in [4.69, 9.17) is 0 Å². The van der Waals surface area contributed by atoms with E-state index in [-0.39, 0.29) is 0 Å². The summed E-state index contributed by atoms with van der Waals surface area (Å²) in [5, 5.41) is 4.53. The molecule has 3 aromatic rings. The third kappa shape index (κ3) is 4.47. The van der Waals surface area contributed by atoms with Gasteiger partial charge in [-0.25, -0.2) is 13.4 Å². The monoisotopic (exact) mass is 440 g/mol. The number of aromatic nitrogens is 4. The first-order valence-electron chi connectivity index (χ1n) is 10.3. The third-order valence-electron chi connectivity index (χ3n) is 5.95. The van der Waals surface area contributed by atoms with Crippen LogP contribution in [-0.4, -0.2) is 65.5 Å². The molecule has 1 aliphatic heterocycles. The minimum Gasteiger partial charge on any atom is -0.352 e. The number of anilines is 1. The summed E-state index contributed by atoms with van der Waals surface area (Å²) >= 11 is 0. The molecule has 0 unspecified atom stereocenters. The SMILES string of the molecule is Cc1nn(C)c(C)c1CN1CCN(c2nccnc2-c2ccc(S(C)(=O)=O)cc2)CC1. The van der Waals surface area contributed by atoms with Crippen LogP contribution in [0.15, 0.2) is 41.6 Å². The fourth-order valence-electron chi connectivity index (χ4n) is 4.01. The zero-order valence-corrected chi connectivity index (χ0v) is 19.2. The molecule has 1 fully saturated rings. The first kappa shape index (κ1) is 21.5. The first-order chi connectivity index (χ1) is 14.7. The average molecular weight is 441 g/mol. The average Bonchev–Trinajstić information content (AvgIpc) is 3.00. The topological polar surface area (TPSA) is 84.2 Å². The van der Waals surface area contributed by atoms with Crippen LogP contribution in [0.4, 0.5) is 5.82 Å². The highest BCUT2D eigenvalue weighted by Gasteiger charge is 2.23. The van der Waals surface area contributed by atoms with Gasteiger partial charge in [0.15, 0.2) is 15.7 Å². The molecule has 1 aliphatic rings. The van der Waals surface area contributed by atoms with Gasteiger partial charge in [-0.1, -0.05) is 12.1 Å². The van der Waals surface area contributed by atoms with Crippen LogP contribution in [-0.2, 0) is 23.4 Å². The Hall–Kier alpha value is -2.78. The summed E-state index contributed by atoms with van der Waals surface area (Å²) in [6.07, 6.45) is 4.59. The molecule has 2 aromatic heterocycles. The molecule has 0 saturated carbocycles. The van der Waals surface area contributed by atoms with E-state index in [0.717, 1.165) is 55.5 Å². The van der Waals surface area contributed by atoms with Crippen LogP contribution in [0.25, 0.3) is 11.3 Å². The molecule has 4 rings (SSSR count). The minimum atomic E-state index is -3.23. The van der Waals surface area contributed by atoms with Crippen molar-refractivity contribution in [2.24, 2.45) is 7.05 Å². The Bertz CT molecular complexity index is 1180. The Kier molecular flexibility index (Phi) is 5.81.